The van der Waals surface area contributed by atoms with Crippen molar-refractivity contribution in [3.63, 3.8) is 0 Å². The third-order valence-corrected chi connectivity index (χ3v) is 9.31. The molecule has 0 radical (unpaired) electrons. The Morgan fingerprint density at radius 3 is 2.09 bits per heavy atom. The highest BCUT2D eigenvalue weighted by atomic mass is 32.1. The van der Waals surface area contributed by atoms with Gasteiger partial charge < -0.3 is 48.1 Å². The maximum atomic E-state index is 13.8. The van der Waals surface area contributed by atoms with E-state index < -0.39 is 90.5 Å². The Morgan fingerprint density at radius 1 is 0.889 bits per heavy atom. The predicted octanol–water partition coefficient (Wildman–Crippen LogP) is 2.19. The molecule has 0 aliphatic carbocycles. The molecule has 1 aromatic rings. The number of Topliss-reactive ketones (excluding diaryl/α,β-unsaturated/α-hetero) is 3. The van der Waals surface area contributed by atoms with Gasteiger partial charge in [0.05, 0.1) is 43.7 Å². The summed E-state index contributed by atoms with van der Waals surface area (Å²) in [7, 11) is 0. The van der Waals surface area contributed by atoms with Crippen molar-refractivity contribution < 1.29 is 62.2 Å². The van der Waals surface area contributed by atoms with Gasteiger partial charge in [-0.1, -0.05) is 0 Å². The van der Waals surface area contributed by atoms with Crippen molar-refractivity contribution in [2.75, 3.05) is 57.6 Å². The van der Waals surface area contributed by atoms with Gasteiger partial charge >= 0.3 is 5.97 Å². The number of ketones is 3. The first-order valence-electron chi connectivity index (χ1n) is 18.2. The van der Waals surface area contributed by atoms with Crippen LogP contribution in [0.4, 0.5) is 5.82 Å². The van der Waals surface area contributed by atoms with Gasteiger partial charge in [0, 0.05) is 18.6 Å². The number of esters is 1. The van der Waals surface area contributed by atoms with E-state index in [1.807, 2.05) is 4.90 Å². The molecule has 0 bridgehead atoms. The summed E-state index contributed by atoms with van der Waals surface area (Å²) < 4.78 is 48.4. The number of rotatable bonds is 23. The summed E-state index contributed by atoms with van der Waals surface area (Å²) in [5, 5.41) is 9.72. The van der Waals surface area contributed by atoms with Crippen LogP contribution in [0.5, 0.6) is 5.88 Å². The van der Waals surface area contributed by atoms with E-state index in [0.29, 0.717) is 32.1 Å². The number of morpholine rings is 1. The molecule has 1 aromatic heterocycles. The Kier molecular flexibility index (Phi) is 18.5. The Morgan fingerprint density at radius 2 is 1.52 bits per heavy atom. The van der Waals surface area contributed by atoms with Crippen molar-refractivity contribution in [2.24, 2.45) is 0 Å². The van der Waals surface area contributed by atoms with Crippen LogP contribution in [0.3, 0.4) is 0 Å². The van der Waals surface area contributed by atoms with Gasteiger partial charge in [-0.3, -0.25) is 19.2 Å². The van der Waals surface area contributed by atoms with Gasteiger partial charge in [0.15, 0.2) is 23.5 Å². The summed E-state index contributed by atoms with van der Waals surface area (Å²) in [6, 6.07) is 0. The van der Waals surface area contributed by atoms with Crippen LogP contribution in [0.2, 0.25) is 0 Å². The van der Waals surface area contributed by atoms with E-state index in [4.69, 9.17) is 33.2 Å². The standard InChI is InChI=1S/C36H60N4O13S/c1-21(41)23(3)51-26(6)31(45)25(5)48-20-30(44)53-28(18-49-34-33(37-54-38-34)39-13-15-47-16-14-39)17-40(35(8,9)10)29(43)19-50-36(11,12)32(46)27(7)52-24(4)22(2)42/h21,23-28,41H,13-20H2,1-12H3/t21?,23?,24?,25?,26?,27?,28-/m0/s1. The van der Waals surface area contributed by atoms with Crippen LogP contribution in [-0.4, -0.2) is 155 Å². The second-order valence-electron chi connectivity index (χ2n) is 14.9. The van der Waals surface area contributed by atoms with Crippen molar-refractivity contribution in [1.29, 1.82) is 0 Å². The number of nitrogens with zero attached hydrogens (tertiary/aromatic N) is 4. The van der Waals surface area contributed by atoms with E-state index in [-0.39, 0.29) is 24.8 Å². The number of anilines is 1. The molecule has 18 heteroatoms. The minimum absolute atomic E-state index is 0.150. The van der Waals surface area contributed by atoms with Crippen molar-refractivity contribution in [3.05, 3.63) is 0 Å². The van der Waals surface area contributed by atoms with Gasteiger partial charge in [0.2, 0.25) is 11.7 Å². The first-order chi connectivity index (χ1) is 25.0. The molecule has 7 atom stereocenters. The molecule has 1 aliphatic rings. The average Bonchev–Trinajstić information content (AvgIpc) is 3.58. The van der Waals surface area contributed by atoms with E-state index in [9.17, 15) is 29.1 Å². The summed E-state index contributed by atoms with van der Waals surface area (Å²) in [6.07, 6.45) is -6.14. The third kappa shape index (κ3) is 14.8. The second kappa shape index (κ2) is 21.2. The monoisotopic (exact) mass is 788 g/mol. The largest absolute Gasteiger partial charge is 0.470 e. The fourth-order valence-electron chi connectivity index (χ4n) is 5.16. The molecule has 1 saturated heterocycles. The van der Waals surface area contributed by atoms with E-state index in [2.05, 4.69) is 8.75 Å². The van der Waals surface area contributed by atoms with Gasteiger partial charge in [-0.15, -0.1) is 4.37 Å². The van der Waals surface area contributed by atoms with Crippen LogP contribution in [0, 0.1) is 0 Å². The van der Waals surface area contributed by atoms with Crippen molar-refractivity contribution >= 4 is 46.8 Å². The number of aliphatic hydroxyl groups excluding tert-OH is 1. The lowest BCUT2D eigenvalue weighted by molar-refractivity contribution is -0.168. The number of aliphatic hydroxyl groups is 1. The zero-order valence-corrected chi connectivity index (χ0v) is 34.6. The van der Waals surface area contributed by atoms with Gasteiger partial charge in [-0.05, 0) is 83.1 Å². The maximum Gasteiger partial charge on any atom is 0.332 e. The molecule has 54 heavy (non-hydrogen) atoms. The van der Waals surface area contributed by atoms with Crippen LogP contribution in [0.25, 0.3) is 0 Å². The summed E-state index contributed by atoms with van der Waals surface area (Å²) in [5.74, 6) is -1.69. The van der Waals surface area contributed by atoms with Crippen molar-refractivity contribution in [3.8, 4) is 5.88 Å². The molecule has 1 fully saturated rings. The number of amides is 1. The van der Waals surface area contributed by atoms with Crippen LogP contribution in [0.1, 0.15) is 83.1 Å². The fourth-order valence-corrected chi connectivity index (χ4v) is 5.68. The Balaban J connectivity index is 2.22. The molecule has 0 spiro atoms. The lowest BCUT2D eigenvalue weighted by Gasteiger charge is -2.38. The SMILES string of the molecule is CC(=O)C(C)OC(C)C(=O)C(C)(C)OCC(=O)N(C[C@@H](COc1nsnc1N1CCOCC1)OC(=O)COC(C)C(=O)C(C)OC(C)C(C)O)C(C)(C)C. The Labute approximate surface area is 322 Å². The molecule has 17 nitrogen and oxygen atoms in total. The quantitative estimate of drug-likeness (QED) is 0.158. The van der Waals surface area contributed by atoms with E-state index >= 15 is 0 Å². The van der Waals surface area contributed by atoms with Gasteiger partial charge in [0.25, 0.3) is 5.88 Å². The lowest BCUT2D eigenvalue weighted by atomic mass is 9.99. The normalized spacial score (nSPS) is 17.8. The van der Waals surface area contributed by atoms with Gasteiger partial charge in [-0.2, -0.15) is 4.37 Å². The number of ether oxygens (including phenoxy) is 7. The molecule has 6 unspecified atom stereocenters. The average molecular weight is 789 g/mol. The molecular formula is C36H60N4O13S. The molecular weight excluding hydrogens is 728 g/mol. The van der Waals surface area contributed by atoms with Crippen LogP contribution in [0.15, 0.2) is 0 Å². The third-order valence-electron chi connectivity index (χ3n) is 8.80. The van der Waals surface area contributed by atoms with Gasteiger partial charge in [0.1, 0.15) is 49.8 Å². The predicted molar refractivity (Wildman–Crippen MR) is 198 cm³/mol. The topological polar surface area (TPSA) is 202 Å². The van der Waals surface area contributed by atoms with E-state index in [1.165, 1.54) is 46.4 Å². The Bertz CT molecular complexity index is 1390. The summed E-state index contributed by atoms with van der Waals surface area (Å²) >= 11 is 0.962. The first kappa shape index (κ1) is 47.0. The molecule has 1 N–H and O–H groups in total. The number of carbonyl (C=O) groups excluding carboxylic acids is 5. The zero-order valence-electron chi connectivity index (χ0n) is 33.7. The Hall–Kier alpha value is -3.13. The summed E-state index contributed by atoms with van der Waals surface area (Å²) in [6.45, 7) is 19.8. The maximum absolute atomic E-state index is 13.8. The smallest absolute Gasteiger partial charge is 0.332 e. The highest BCUT2D eigenvalue weighted by Crippen LogP contribution is 2.27. The van der Waals surface area contributed by atoms with E-state index in [0.717, 1.165) is 11.7 Å². The minimum atomic E-state index is -1.44. The highest BCUT2D eigenvalue weighted by Gasteiger charge is 2.37. The second-order valence-corrected chi connectivity index (χ2v) is 15.4. The molecule has 1 aliphatic heterocycles. The lowest BCUT2D eigenvalue weighted by Crippen LogP contribution is -2.53. The molecule has 308 valence electrons. The van der Waals surface area contributed by atoms with Gasteiger partial charge in [-0.25, -0.2) is 4.79 Å². The fraction of sp³-hybridized carbons (Fsp3) is 0.806. The highest BCUT2D eigenvalue weighted by molar-refractivity contribution is 6.99. The van der Waals surface area contributed by atoms with Crippen molar-refractivity contribution in [1.82, 2.24) is 13.6 Å². The zero-order chi connectivity index (χ0) is 41.0. The number of hydrogen-bond acceptors (Lipinski definition) is 17. The molecule has 0 saturated carbocycles. The van der Waals surface area contributed by atoms with Crippen molar-refractivity contribution in [2.45, 2.75) is 137 Å². The van der Waals surface area contributed by atoms with Crippen LogP contribution >= 0.6 is 11.7 Å². The molecule has 2 rings (SSSR count). The molecule has 0 aromatic carbocycles. The van der Waals surface area contributed by atoms with E-state index in [1.54, 1.807) is 41.5 Å². The summed E-state index contributed by atoms with van der Waals surface area (Å²) in [5.41, 5.74) is -2.26. The number of carbonyl (C=O) groups is 5. The molecule has 2 heterocycles. The number of aromatic nitrogens is 2. The first-order valence-corrected chi connectivity index (χ1v) is 18.9. The summed E-state index contributed by atoms with van der Waals surface area (Å²) in [4.78, 5) is 68.0. The number of hydrogen-bond donors (Lipinski definition) is 1. The minimum Gasteiger partial charge on any atom is -0.470 e. The molecule has 1 amide bonds. The van der Waals surface area contributed by atoms with Crippen LogP contribution in [-0.2, 0) is 52.4 Å². The van der Waals surface area contributed by atoms with Crippen LogP contribution < -0.4 is 9.64 Å².